The molecule has 44 nitrogen and oxygen atoms in total. The van der Waals surface area contributed by atoms with Crippen LogP contribution in [0.2, 0.25) is 0 Å². The van der Waals surface area contributed by atoms with E-state index >= 15 is 0 Å². The van der Waals surface area contributed by atoms with Crippen molar-refractivity contribution in [3.8, 4) is 0 Å². The van der Waals surface area contributed by atoms with Gasteiger partial charge in [-0.2, -0.15) is 0 Å². The van der Waals surface area contributed by atoms with E-state index in [1.807, 2.05) is 0 Å². The number of carboxylic acid groups (broad SMARTS) is 2. The quantitative estimate of drug-likeness (QED) is 0.0363. The Morgan fingerprint density at radius 3 is 1.42 bits per heavy atom. The lowest BCUT2D eigenvalue weighted by Gasteiger charge is -2.53. The molecule has 7 saturated heterocycles. The van der Waals surface area contributed by atoms with E-state index < -0.39 is 308 Å². The van der Waals surface area contributed by atoms with E-state index in [9.17, 15) is 141 Å². The Morgan fingerprint density at radius 2 is 0.888 bits per heavy atom. The van der Waals surface area contributed by atoms with E-state index in [2.05, 4.69) is 16.0 Å². The zero-order valence-corrected chi connectivity index (χ0v) is 52.5. The number of carboxylic acids is 2. The fourth-order valence-electron chi connectivity index (χ4n) is 12.5. The molecular weight excluding hydrogens is 1350 g/mol. The lowest BCUT2D eigenvalue weighted by atomic mass is 9.87. The SMILES string of the molecule is CC(=O)N[C@H]1[C@H](O[C@@H]2[C@H](O[C@]3(C(=O)O)C[C@H](O)[C@@H](NC(C)=O)[C@H]([C@H](O)[C@@H](CO)O[C@]4(C(=O)O)C[C@H](O)[C@@H](NC(C)=O)[C@H]([C@H](O)[C@H](O)CO)O4)O3)[C@@H](O)[C@H](O[C@H]3[C@H](O)[C@@H](O)[C@H](O)O[C@@H]3CO)O[C@@H]2CO)O[C@H](CO)[C@H](O)[C@@H]1O[C@@H]1O[C@H](CO)[C@H](O)[C@H](O)[C@H]1O[C@@H]1O[C@@H](C)[C@@H](O)[C@@H](O)[C@@H]1O. The van der Waals surface area contributed by atoms with Crippen molar-refractivity contribution < 1.29 is 203 Å². The molecule has 0 radical (unpaired) electrons. The highest BCUT2D eigenvalue weighted by Crippen LogP contribution is 2.43. The average Bonchev–Trinajstić information content (AvgIpc) is 0.751. The van der Waals surface area contributed by atoms with Crippen LogP contribution in [-0.2, 0) is 85.6 Å². The van der Waals surface area contributed by atoms with Gasteiger partial charge in [-0.1, -0.05) is 0 Å². The van der Waals surface area contributed by atoms with Crippen LogP contribution in [0.4, 0.5) is 0 Å². The van der Waals surface area contributed by atoms with Crippen molar-refractivity contribution >= 4 is 29.7 Å². The Kier molecular flexibility index (Phi) is 28.3. The van der Waals surface area contributed by atoms with Crippen LogP contribution >= 0.6 is 0 Å². The van der Waals surface area contributed by atoms with Gasteiger partial charge in [0.2, 0.25) is 17.7 Å². The first kappa shape index (κ1) is 81.3. The van der Waals surface area contributed by atoms with E-state index in [4.69, 9.17) is 61.6 Å². The molecule has 0 unspecified atom stereocenters. The van der Waals surface area contributed by atoms with E-state index in [0.717, 1.165) is 20.8 Å². The summed E-state index contributed by atoms with van der Waals surface area (Å²) in [7, 11) is 0. The Balaban J connectivity index is 1.32. The number of hydrogen-bond donors (Lipinski definition) is 26. The van der Waals surface area contributed by atoms with Gasteiger partial charge in [0, 0.05) is 33.6 Å². The highest BCUT2D eigenvalue weighted by molar-refractivity contribution is 5.77. The third-order valence-electron chi connectivity index (χ3n) is 17.7. The largest absolute Gasteiger partial charge is 0.477 e. The molecule has 37 atom stereocenters. The molecule has 0 aromatic heterocycles. The lowest BCUT2D eigenvalue weighted by molar-refractivity contribution is -0.405. The van der Waals surface area contributed by atoms with Gasteiger partial charge in [0.25, 0.3) is 11.6 Å². The monoisotopic (exact) mass is 1440 g/mol. The fourth-order valence-corrected chi connectivity index (χ4v) is 12.5. The van der Waals surface area contributed by atoms with Gasteiger partial charge >= 0.3 is 11.9 Å². The van der Waals surface area contributed by atoms with Crippen molar-refractivity contribution in [2.75, 3.05) is 39.6 Å². The van der Waals surface area contributed by atoms with Crippen LogP contribution in [0.15, 0.2) is 0 Å². The van der Waals surface area contributed by atoms with Gasteiger partial charge < -0.3 is 195 Å². The molecule has 7 fully saturated rings. The fraction of sp³-hybridized carbons (Fsp3) is 0.907. The third kappa shape index (κ3) is 17.3. The molecule has 0 aliphatic carbocycles. The normalized spacial score (nSPS) is 46.0. The zero-order valence-electron chi connectivity index (χ0n) is 52.5. The zero-order chi connectivity index (χ0) is 73.1. The number of carbonyl (C=O) groups is 5. The highest BCUT2D eigenvalue weighted by atomic mass is 16.8. The molecule has 98 heavy (non-hydrogen) atoms. The summed E-state index contributed by atoms with van der Waals surface area (Å²) < 4.78 is 75.9. The topological polar surface area (TPSA) is 707 Å². The summed E-state index contributed by atoms with van der Waals surface area (Å²) in [6.07, 6.45) is -73.5. The molecule has 3 amide bonds. The Morgan fingerprint density at radius 1 is 0.439 bits per heavy atom. The lowest BCUT2D eigenvalue weighted by Crippen LogP contribution is -2.73. The van der Waals surface area contributed by atoms with E-state index in [-0.39, 0.29) is 0 Å². The molecule has 26 N–H and O–H groups in total. The summed E-state index contributed by atoms with van der Waals surface area (Å²) in [6, 6.07) is -6.01. The number of hydrogen-bond acceptors (Lipinski definition) is 39. The van der Waals surface area contributed by atoms with Crippen LogP contribution in [0.25, 0.3) is 0 Å². The van der Waals surface area contributed by atoms with Crippen molar-refractivity contribution in [3.05, 3.63) is 0 Å². The second-order valence-corrected chi connectivity index (χ2v) is 24.6. The number of rotatable bonds is 27. The molecule has 7 heterocycles. The van der Waals surface area contributed by atoms with Crippen molar-refractivity contribution in [2.45, 2.75) is 266 Å². The van der Waals surface area contributed by atoms with Crippen LogP contribution < -0.4 is 16.0 Å². The molecule has 0 bridgehead atoms. The van der Waals surface area contributed by atoms with Gasteiger partial charge in [-0.15, -0.1) is 0 Å². The van der Waals surface area contributed by atoms with E-state index in [0.29, 0.717) is 0 Å². The Hall–Kier alpha value is -4.01. The van der Waals surface area contributed by atoms with Gasteiger partial charge in [-0.25, -0.2) is 9.59 Å². The minimum absolute atomic E-state index is 0.841. The number of aliphatic hydroxyl groups excluding tert-OH is 21. The minimum Gasteiger partial charge on any atom is -0.477 e. The predicted molar refractivity (Wildman–Crippen MR) is 300 cm³/mol. The second-order valence-electron chi connectivity index (χ2n) is 24.6. The standard InChI is InChI=1S/C54H89N3O41/c1-13-28(70)33(75)37(79)48(86-13)94-45-34(76)30(72)20(8-59)89-50(45)93-41-27(57-16(4)66)47(88-21(9-60)31(41)73)92-40-24(12-63)90-49(91-39-23(11-62)87-46(81)36(78)35(39)77)38(80)44(40)98-54(52(84)85)6-18(68)26(56-15(3)65)43(97-54)32(74)22(10-61)95-53(51(82)83)5-17(67)25(55-14(2)64)42(96-53)29(71)19(69)7-58/h13,17-50,58-63,67-81H,5-12H2,1-4H3,(H,55,64)(H,56,65)(H,57,66)(H,82,83)(H,84,85)/t13-,17-,18-,19+,20+,21+,22+,23+,24+,25+,26+,27+,28+,29+,30-,31-,32+,33+,34-,35+,36+,37-,38+,39+,40-,41+,42+,43+,44+,45+,46+,47-,48-,49-,50-,53+,54-/m0/s1. The van der Waals surface area contributed by atoms with Crippen LogP contribution in [0, 0.1) is 0 Å². The summed E-state index contributed by atoms with van der Waals surface area (Å²) in [4.78, 5) is 65.8. The molecule has 7 aliphatic heterocycles. The summed E-state index contributed by atoms with van der Waals surface area (Å²) in [5.41, 5.74) is 0. The summed E-state index contributed by atoms with van der Waals surface area (Å²) in [5.74, 6) is -14.7. The molecule has 566 valence electrons. The van der Waals surface area contributed by atoms with Crippen LogP contribution in [-0.4, -0.2) is 413 Å². The molecule has 44 heteroatoms. The first-order valence-corrected chi connectivity index (χ1v) is 30.7. The van der Waals surface area contributed by atoms with Crippen LogP contribution in [0.1, 0.15) is 40.5 Å². The number of amides is 3. The van der Waals surface area contributed by atoms with Crippen molar-refractivity contribution in [1.82, 2.24) is 16.0 Å². The van der Waals surface area contributed by atoms with E-state index in [1.54, 1.807) is 0 Å². The van der Waals surface area contributed by atoms with Crippen molar-refractivity contribution in [1.29, 1.82) is 0 Å². The smallest absolute Gasteiger partial charge is 0.364 e. The first-order valence-electron chi connectivity index (χ1n) is 30.7. The molecule has 0 saturated carbocycles. The average molecular weight is 1440 g/mol. The summed E-state index contributed by atoms with van der Waals surface area (Å²) in [5, 5.41) is 260. The van der Waals surface area contributed by atoms with Crippen LogP contribution in [0.3, 0.4) is 0 Å². The Labute approximate surface area is 553 Å². The molecule has 0 aromatic rings. The number of aliphatic carboxylic acids is 2. The molecule has 0 spiro atoms. The minimum atomic E-state index is -3.69. The maximum Gasteiger partial charge on any atom is 0.364 e. The van der Waals surface area contributed by atoms with Gasteiger partial charge in [0.15, 0.2) is 31.5 Å². The first-order chi connectivity index (χ1) is 46.0. The van der Waals surface area contributed by atoms with Gasteiger partial charge in [-0.05, 0) is 6.92 Å². The number of aliphatic hydroxyl groups is 21. The van der Waals surface area contributed by atoms with Gasteiger partial charge in [0.1, 0.15) is 153 Å². The highest BCUT2D eigenvalue weighted by Gasteiger charge is 2.64. The summed E-state index contributed by atoms with van der Waals surface area (Å²) in [6.45, 7) is -3.78. The molecule has 0 aromatic carbocycles. The van der Waals surface area contributed by atoms with Gasteiger partial charge in [-0.3, -0.25) is 14.4 Å². The number of carbonyl (C=O) groups excluding carboxylic acids is 3. The number of nitrogens with one attached hydrogen (secondary N) is 3. The maximum absolute atomic E-state index is 14.1. The second kappa shape index (κ2) is 34.1. The molecule has 7 aliphatic rings. The molecule has 7 rings (SSSR count). The van der Waals surface area contributed by atoms with Gasteiger partial charge in [0.05, 0.1) is 70.0 Å². The van der Waals surface area contributed by atoms with Crippen molar-refractivity contribution in [2.24, 2.45) is 0 Å². The summed E-state index contributed by atoms with van der Waals surface area (Å²) >= 11 is 0. The third-order valence-corrected chi connectivity index (χ3v) is 17.7. The maximum atomic E-state index is 14.1. The Bertz CT molecular complexity index is 2630. The molecular formula is C54H89N3O41. The predicted octanol–water partition coefficient (Wildman–Crippen LogP) is -16.4. The van der Waals surface area contributed by atoms with E-state index in [1.165, 1.54) is 6.92 Å². The number of ether oxygens (including phenoxy) is 13. The van der Waals surface area contributed by atoms with Crippen molar-refractivity contribution in [3.63, 3.8) is 0 Å². The van der Waals surface area contributed by atoms with Crippen LogP contribution in [0.5, 0.6) is 0 Å².